The number of benzene rings is 3. The highest BCUT2D eigenvalue weighted by Crippen LogP contribution is 2.35. The first-order valence-electron chi connectivity index (χ1n) is 10.8. The van der Waals surface area contributed by atoms with Gasteiger partial charge in [-0.2, -0.15) is 0 Å². The Morgan fingerprint density at radius 3 is 2.41 bits per heavy atom. The molecule has 6 heteroatoms. The molecule has 0 saturated heterocycles. The Morgan fingerprint density at radius 1 is 0.906 bits per heavy atom. The lowest BCUT2D eigenvalue weighted by Crippen LogP contribution is -2.32. The molecule has 0 radical (unpaired) electrons. The lowest BCUT2D eigenvalue weighted by Gasteiger charge is -2.12. The van der Waals surface area contributed by atoms with Crippen molar-refractivity contribution in [1.82, 2.24) is 10.3 Å². The Bertz CT molecular complexity index is 1380. The van der Waals surface area contributed by atoms with Crippen LogP contribution >= 0.6 is 23.2 Å². The van der Waals surface area contributed by atoms with Crippen LogP contribution in [-0.2, 0) is 0 Å². The summed E-state index contributed by atoms with van der Waals surface area (Å²) in [6.07, 6.45) is 4.40. The van der Waals surface area contributed by atoms with E-state index in [2.05, 4.69) is 10.3 Å². The molecule has 1 aliphatic rings. The number of halogens is 2. The molecule has 0 unspecified atom stereocenters. The normalized spacial score (nSPS) is 14.3. The van der Waals surface area contributed by atoms with Gasteiger partial charge < -0.3 is 10.3 Å². The molecular formula is C26H22Cl2N2O2. The van der Waals surface area contributed by atoms with Crippen molar-refractivity contribution >= 4 is 56.7 Å². The predicted octanol–water partition coefficient (Wildman–Crippen LogP) is 7.17. The van der Waals surface area contributed by atoms with E-state index in [1.165, 1.54) is 0 Å². The first kappa shape index (κ1) is 21.0. The minimum absolute atomic E-state index is 0.0392. The van der Waals surface area contributed by atoms with Gasteiger partial charge in [0, 0.05) is 33.5 Å². The van der Waals surface area contributed by atoms with Gasteiger partial charge in [0.2, 0.25) is 0 Å². The van der Waals surface area contributed by atoms with E-state index in [0.717, 1.165) is 58.6 Å². The molecule has 1 aromatic heterocycles. The maximum atomic E-state index is 12.8. The molecule has 1 fully saturated rings. The maximum Gasteiger partial charge on any atom is 0.251 e. The van der Waals surface area contributed by atoms with Gasteiger partial charge in [0.1, 0.15) is 0 Å². The van der Waals surface area contributed by atoms with Gasteiger partial charge in [0.15, 0.2) is 5.78 Å². The average Bonchev–Trinajstić information content (AvgIpc) is 3.41. The van der Waals surface area contributed by atoms with Crippen LogP contribution in [0.1, 0.15) is 53.3 Å². The molecule has 1 saturated carbocycles. The Balaban J connectivity index is 1.65. The van der Waals surface area contributed by atoms with Crippen molar-refractivity contribution in [2.75, 3.05) is 0 Å². The fraction of sp³-hybridized carbons (Fsp3) is 0.231. The lowest BCUT2D eigenvalue weighted by molar-refractivity contribution is 0.0937. The minimum atomic E-state index is -0.0550. The molecule has 0 bridgehead atoms. The van der Waals surface area contributed by atoms with Crippen LogP contribution in [-0.4, -0.2) is 22.7 Å². The topological polar surface area (TPSA) is 62.0 Å². The van der Waals surface area contributed by atoms with E-state index in [9.17, 15) is 9.59 Å². The number of aromatic amines is 1. The number of ketones is 1. The number of fused-ring (bicyclic) bond motifs is 3. The summed E-state index contributed by atoms with van der Waals surface area (Å²) in [5, 5.41) is 5.88. The Labute approximate surface area is 195 Å². The van der Waals surface area contributed by atoms with Crippen LogP contribution in [0.2, 0.25) is 10.0 Å². The van der Waals surface area contributed by atoms with Crippen LogP contribution in [0.5, 0.6) is 0 Å². The van der Waals surface area contributed by atoms with Gasteiger partial charge in [0.25, 0.3) is 5.91 Å². The quantitative estimate of drug-likeness (QED) is 0.314. The van der Waals surface area contributed by atoms with E-state index >= 15 is 0 Å². The highest BCUT2D eigenvalue weighted by molar-refractivity contribution is 6.42. The molecular weight excluding hydrogens is 443 g/mol. The van der Waals surface area contributed by atoms with Gasteiger partial charge >= 0.3 is 0 Å². The van der Waals surface area contributed by atoms with Crippen LogP contribution in [0.15, 0.2) is 48.5 Å². The Kier molecular flexibility index (Phi) is 5.44. The van der Waals surface area contributed by atoms with Crippen LogP contribution in [0.4, 0.5) is 0 Å². The second kappa shape index (κ2) is 8.27. The Morgan fingerprint density at radius 2 is 1.69 bits per heavy atom. The van der Waals surface area contributed by atoms with Crippen molar-refractivity contribution in [1.29, 1.82) is 0 Å². The number of carbonyl (C=O) groups is 2. The average molecular weight is 465 g/mol. The van der Waals surface area contributed by atoms with Gasteiger partial charge in [-0.25, -0.2) is 0 Å². The van der Waals surface area contributed by atoms with E-state index in [4.69, 9.17) is 23.2 Å². The van der Waals surface area contributed by atoms with Crippen molar-refractivity contribution < 1.29 is 9.59 Å². The third-order valence-corrected chi connectivity index (χ3v) is 7.03. The lowest BCUT2D eigenvalue weighted by atomic mass is 9.97. The summed E-state index contributed by atoms with van der Waals surface area (Å²) in [5.74, 6) is -0.0942. The molecule has 5 rings (SSSR count). The molecule has 1 amide bonds. The zero-order valence-electron chi connectivity index (χ0n) is 17.6. The standard InChI is InChI=1S/C26H22Cl2N2O2/c1-14(31)19-11-17(15-6-8-22(27)23(28)13-15)12-21-20-10-16(7-9-24(20)30-25(19)21)26(32)29-18-4-2-3-5-18/h6-13,18,30H,2-5H2,1H3,(H,29,32). The first-order valence-corrected chi connectivity index (χ1v) is 11.5. The van der Waals surface area contributed by atoms with Crippen LogP contribution in [0, 0.1) is 0 Å². The van der Waals surface area contributed by atoms with E-state index in [0.29, 0.717) is 21.2 Å². The SMILES string of the molecule is CC(=O)c1cc(-c2ccc(Cl)c(Cl)c2)cc2c1[nH]c1ccc(C(=O)NC3CCCC3)cc12. The van der Waals surface area contributed by atoms with Crippen molar-refractivity contribution in [3.05, 3.63) is 69.7 Å². The summed E-state index contributed by atoms with van der Waals surface area (Å²) in [6, 6.07) is 15.2. The summed E-state index contributed by atoms with van der Waals surface area (Å²) in [5.41, 5.74) is 4.60. The molecule has 2 N–H and O–H groups in total. The highest BCUT2D eigenvalue weighted by Gasteiger charge is 2.20. The van der Waals surface area contributed by atoms with Gasteiger partial charge in [-0.15, -0.1) is 0 Å². The molecule has 0 aliphatic heterocycles. The van der Waals surface area contributed by atoms with Crippen LogP contribution in [0.25, 0.3) is 32.9 Å². The molecule has 1 aliphatic carbocycles. The van der Waals surface area contributed by atoms with E-state index < -0.39 is 0 Å². The highest BCUT2D eigenvalue weighted by atomic mass is 35.5. The second-order valence-electron chi connectivity index (χ2n) is 8.47. The molecule has 4 nitrogen and oxygen atoms in total. The van der Waals surface area contributed by atoms with Gasteiger partial charge in [-0.3, -0.25) is 9.59 Å². The fourth-order valence-electron chi connectivity index (χ4n) is 4.60. The summed E-state index contributed by atoms with van der Waals surface area (Å²) < 4.78 is 0. The minimum Gasteiger partial charge on any atom is -0.354 e. The third kappa shape index (κ3) is 3.78. The number of amides is 1. The van der Waals surface area contributed by atoms with Gasteiger partial charge in [-0.05, 0) is 73.4 Å². The number of hydrogen-bond donors (Lipinski definition) is 2. The summed E-state index contributed by atoms with van der Waals surface area (Å²) >= 11 is 12.3. The monoisotopic (exact) mass is 464 g/mol. The molecule has 162 valence electrons. The molecule has 0 atom stereocenters. The van der Waals surface area contributed by atoms with Crippen LogP contribution < -0.4 is 5.32 Å². The molecule has 1 heterocycles. The summed E-state index contributed by atoms with van der Waals surface area (Å²) in [6.45, 7) is 1.55. The number of rotatable bonds is 4. The molecule has 4 aromatic rings. The Hall–Kier alpha value is -2.82. The van der Waals surface area contributed by atoms with Crippen molar-refractivity contribution in [3.63, 3.8) is 0 Å². The number of Topliss-reactive ketones (excluding diaryl/α,β-unsaturated/α-hetero) is 1. The van der Waals surface area contributed by atoms with Crippen molar-refractivity contribution in [2.24, 2.45) is 0 Å². The first-order chi connectivity index (χ1) is 15.4. The van der Waals surface area contributed by atoms with E-state index in [1.54, 1.807) is 19.1 Å². The number of carbonyl (C=O) groups excluding carboxylic acids is 2. The van der Waals surface area contributed by atoms with Crippen LogP contribution in [0.3, 0.4) is 0 Å². The number of hydrogen-bond acceptors (Lipinski definition) is 2. The predicted molar refractivity (Wildman–Crippen MR) is 131 cm³/mol. The summed E-state index contributed by atoms with van der Waals surface area (Å²) in [7, 11) is 0. The third-order valence-electron chi connectivity index (χ3n) is 6.29. The van der Waals surface area contributed by atoms with Crippen molar-refractivity contribution in [2.45, 2.75) is 38.6 Å². The number of H-pyrrole nitrogens is 1. The zero-order chi connectivity index (χ0) is 22.4. The number of aromatic nitrogens is 1. The zero-order valence-corrected chi connectivity index (χ0v) is 19.1. The fourth-order valence-corrected chi connectivity index (χ4v) is 4.90. The largest absolute Gasteiger partial charge is 0.354 e. The van der Waals surface area contributed by atoms with Crippen molar-refractivity contribution in [3.8, 4) is 11.1 Å². The number of nitrogens with one attached hydrogen (secondary N) is 2. The maximum absolute atomic E-state index is 12.8. The molecule has 0 spiro atoms. The second-order valence-corrected chi connectivity index (χ2v) is 9.29. The van der Waals surface area contributed by atoms with Gasteiger partial charge in [-0.1, -0.05) is 42.1 Å². The van der Waals surface area contributed by atoms with E-state index in [-0.39, 0.29) is 17.7 Å². The molecule has 3 aromatic carbocycles. The van der Waals surface area contributed by atoms with Gasteiger partial charge in [0.05, 0.1) is 15.6 Å². The summed E-state index contributed by atoms with van der Waals surface area (Å²) in [4.78, 5) is 28.7. The molecule has 32 heavy (non-hydrogen) atoms. The van der Waals surface area contributed by atoms with E-state index in [1.807, 2.05) is 36.4 Å². The smallest absolute Gasteiger partial charge is 0.251 e.